The largest absolute Gasteiger partial charge is 0.423 e. The van der Waals surface area contributed by atoms with Crippen LogP contribution in [0.25, 0.3) is 0 Å². The van der Waals surface area contributed by atoms with Gasteiger partial charge in [-0.05, 0) is 35.4 Å². The molecule has 0 fully saturated rings. The van der Waals surface area contributed by atoms with Crippen LogP contribution in [0.3, 0.4) is 0 Å². The van der Waals surface area contributed by atoms with Crippen molar-refractivity contribution in [1.29, 1.82) is 0 Å². The summed E-state index contributed by atoms with van der Waals surface area (Å²) in [6, 6.07) is 7.91. The van der Waals surface area contributed by atoms with Crippen LogP contribution in [-0.2, 0) is 33.0 Å². The van der Waals surface area contributed by atoms with Gasteiger partial charge in [0.25, 0.3) is 0 Å². The number of nitrogens with one attached hydrogen (secondary N) is 2. The summed E-state index contributed by atoms with van der Waals surface area (Å²) in [6.45, 7) is -1.20. The second-order valence-corrected chi connectivity index (χ2v) is 9.47. The van der Waals surface area contributed by atoms with Crippen LogP contribution in [0, 0.1) is 0 Å². The van der Waals surface area contributed by atoms with Crippen LogP contribution >= 0.6 is 0 Å². The summed E-state index contributed by atoms with van der Waals surface area (Å²) in [7, 11) is -3.50. The number of aliphatic hydroxyl groups is 1. The first-order valence-corrected chi connectivity index (χ1v) is 11.3. The molecular formula is C20H20F6N2O4S. The van der Waals surface area contributed by atoms with Gasteiger partial charge in [-0.15, -0.1) is 0 Å². The van der Waals surface area contributed by atoms with Gasteiger partial charge >= 0.3 is 12.4 Å². The Kier molecular flexibility index (Phi) is 7.69. The van der Waals surface area contributed by atoms with Gasteiger partial charge in [-0.3, -0.25) is 4.79 Å². The van der Waals surface area contributed by atoms with Gasteiger partial charge in [0.05, 0.1) is 12.1 Å². The van der Waals surface area contributed by atoms with Crippen molar-refractivity contribution >= 4 is 21.4 Å². The molecule has 0 aliphatic carbocycles. The lowest BCUT2D eigenvalue weighted by molar-refractivity contribution is -0.260. The topological polar surface area (TPSA) is 95.5 Å². The highest BCUT2D eigenvalue weighted by molar-refractivity contribution is 7.91. The highest BCUT2D eigenvalue weighted by atomic mass is 32.2. The number of carbonyl (C=O) groups excluding carboxylic acids is 1. The lowest BCUT2D eigenvalue weighted by Gasteiger charge is -2.32. The Morgan fingerprint density at radius 1 is 0.970 bits per heavy atom. The van der Waals surface area contributed by atoms with Crippen LogP contribution in [0.5, 0.6) is 0 Å². The van der Waals surface area contributed by atoms with Gasteiger partial charge in [0.15, 0.2) is 9.84 Å². The summed E-state index contributed by atoms with van der Waals surface area (Å²) in [5, 5.41) is 15.0. The van der Waals surface area contributed by atoms with E-state index in [9.17, 15) is 44.7 Å². The van der Waals surface area contributed by atoms with Crippen molar-refractivity contribution in [3.8, 4) is 0 Å². The van der Waals surface area contributed by atoms with E-state index in [0.717, 1.165) is 18.4 Å². The lowest BCUT2D eigenvalue weighted by atomic mass is 9.91. The molecule has 0 saturated heterocycles. The maximum atomic E-state index is 13.6. The Balaban J connectivity index is 2.12. The van der Waals surface area contributed by atoms with E-state index >= 15 is 0 Å². The maximum Gasteiger partial charge on any atom is 0.423 e. The molecule has 2 aromatic carbocycles. The second kappa shape index (κ2) is 9.59. The van der Waals surface area contributed by atoms with Gasteiger partial charge in [-0.1, -0.05) is 24.3 Å². The van der Waals surface area contributed by atoms with Crippen LogP contribution in [-0.4, -0.2) is 44.2 Å². The Bertz CT molecular complexity index is 1080. The van der Waals surface area contributed by atoms with Crippen molar-refractivity contribution in [1.82, 2.24) is 5.32 Å². The van der Waals surface area contributed by atoms with E-state index in [-0.39, 0.29) is 18.3 Å². The fraction of sp³-hybridized carbons (Fsp3) is 0.350. The zero-order chi connectivity index (χ0) is 25.1. The molecule has 0 spiro atoms. The first kappa shape index (κ1) is 26.5. The van der Waals surface area contributed by atoms with E-state index in [0.29, 0.717) is 11.6 Å². The third-order valence-corrected chi connectivity index (χ3v) is 5.31. The van der Waals surface area contributed by atoms with E-state index in [1.165, 1.54) is 24.3 Å². The molecule has 0 saturated carbocycles. The molecule has 1 atom stereocenters. The normalized spacial score (nSPS) is 14.4. The van der Waals surface area contributed by atoms with Gasteiger partial charge in [0, 0.05) is 18.5 Å². The number of sulfone groups is 1. The SMILES string of the molecule is CS(=O)(=O)CC(=O)NCc1ccc(NC[C@@](O)(c2cccc(C(F)(F)F)c2)C(F)(F)F)cc1. The average molecular weight is 498 g/mol. The Morgan fingerprint density at radius 2 is 1.55 bits per heavy atom. The standard InChI is InChI=1S/C20H20F6N2O4S/c1-33(31,32)11-17(29)27-10-13-5-7-16(8-6-13)28-12-18(30,20(24,25)26)14-3-2-4-15(9-14)19(21,22)23/h2-9,28,30H,10-12H2,1H3,(H,27,29)/t18-/m1/s1. The van der Waals surface area contributed by atoms with E-state index in [1.807, 2.05) is 0 Å². The van der Waals surface area contributed by atoms with Gasteiger partial charge in [0.1, 0.15) is 5.75 Å². The average Bonchev–Trinajstić information content (AvgIpc) is 2.68. The predicted octanol–water partition coefficient (Wildman–Crippen LogP) is 3.23. The number of hydrogen-bond acceptors (Lipinski definition) is 5. The van der Waals surface area contributed by atoms with Crippen molar-refractivity contribution < 1.29 is 44.7 Å². The Morgan fingerprint density at radius 3 is 2.06 bits per heavy atom. The van der Waals surface area contributed by atoms with Gasteiger partial charge in [-0.2, -0.15) is 26.3 Å². The van der Waals surface area contributed by atoms with Crippen molar-refractivity contribution in [2.24, 2.45) is 0 Å². The number of alkyl halides is 6. The molecule has 0 bridgehead atoms. The highest BCUT2D eigenvalue weighted by Gasteiger charge is 2.55. The van der Waals surface area contributed by atoms with Crippen LogP contribution in [0.2, 0.25) is 0 Å². The van der Waals surface area contributed by atoms with E-state index in [2.05, 4.69) is 10.6 Å². The fourth-order valence-corrected chi connectivity index (χ4v) is 3.36. The minimum absolute atomic E-state index is 0.0364. The van der Waals surface area contributed by atoms with E-state index < -0.39 is 57.1 Å². The summed E-state index contributed by atoms with van der Waals surface area (Å²) in [5.74, 6) is -1.42. The third-order valence-electron chi connectivity index (χ3n) is 4.52. The minimum Gasteiger partial charge on any atom is -0.381 e. The van der Waals surface area contributed by atoms with E-state index in [4.69, 9.17) is 0 Å². The molecule has 13 heteroatoms. The molecule has 0 heterocycles. The minimum atomic E-state index is -5.28. The van der Waals surface area contributed by atoms with Crippen molar-refractivity contribution in [3.63, 3.8) is 0 Å². The molecule has 182 valence electrons. The number of carbonyl (C=O) groups is 1. The van der Waals surface area contributed by atoms with Crippen LogP contribution in [0.15, 0.2) is 48.5 Å². The van der Waals surface area contributed by atoms with Crippen LogP contribution < -0.4 is 10.6 Å². The summed E-state index contributed by atoms with van der Waals surface area (Å²) in [6.07, 6.45) is -9.27. The van der Waals surface area contributed by atoms with E-state index in [1.54, 1.807) is 0 Å². The molecule has 33 heavy (non-hydrogen) atoms. The number of amides is 1. The zero-order valence-electron chi connectivity index (χ0n) is 17.1. The first-order valence-electron chi connectivity index (χ1n) is 9.25. The quantitative estimate of drug-likeness (QED) is 0.486. The van der Waals surface area contributed by atoms with Crippen molar-refractivity contribution in [2.75, 3.05) is 23.9 Å². The molecule has 1 amide bonds. The van der Waals surface area contributed by atoms with Gasteiger partial charge < -0.3 is 15.7 Å². The number of halogens is 6. The summed E-state index contributed by atoms with van der Waals surface area (Å²) >= 11 is 0. The summed E-state index contributed by atoms with van der Waals surface area (Å²) < 4.78 is 102. The second-order valence-electron chi connectivity index (χ2n) is 7.33. The Hall–Kier alpha value is -2.80. The summed E-state index contributed by atoms with van der Waals surface area (Å²) in [5.41, 5.74) is -5.28. The van der Waals surface area contributed by atoms with Crippen LogP contribution in [0.4, 0.5) is 32.0 Å². The Labute approximate surface area is 185 Å². The molecule has 0 unspecified atom stereocenters. The molecule has 0 aliphatic heterocycles. The summed E-state index contributed by atoms with van der Waals surface area (Å²) in [4.78, 5) is 11.5. The van der Waals surface area contributed by atoms with Gasteiger partial charge in [-0.25, -0.2) is 8.42 Å². The van der Waals surface area contributed by atoms with Crippen molar-refractivity contribution in [2.45, 2.75) is 24.5 Å². The fourth-order valence-electron chi connectivity index (χ4n) is 2.78. The van der Waals surface area contributed by atoms with Gasteiger partial charge in [0.2, 0.25) is 11.5 Å². The van der Waals surface area contributed by atoms with Crippen molar-refractivity contribution in [3.05, 3.63) is 65.2 Å². The number of hydrogen-bond donors (Lipinski definition) is 3. The molecular weight excluding hydrogens is 478 g/mol. The predicted molar refractivity (Wildman–Crippen MR) is 108 cm³/mol. The number of anilines is 1. The molecule has 3 N–H and O–H groups in total. The smallest absolute Gasteiger partial charge is 0.381 e. The zero-order valence-corrected chi connectivity index (χ0v) is 17.9. The number of rotatable bonds is 8. The molecule has 2 rings (SSSR count). The molecule has 0 aliphatic rings. The highest BCUT2D eigenvalue weighted by Crippen LogP contribution is 2.41. The molecule has 0 aromatic heterocycles. The monoisotopic (exact) mass is 498 g/mol. The molecule has 6 nitrogen and oxygen atoms in total. The molecule has 2 aromatic rings. The molecule has 0 radical (unpaired) electrons. The van der Waals surface area contributed by atoms with Crippen LogP contribution in [0.1, 0.15) is 16.7 Å². The number of benzene rings is 2. The lowest BCUT2D eigenvalue weighted by Crippen LogP contribution is -2.47. The maximum absolute atomic E-state index is 13.6. The first-order chi connectivity index (χ1) is 15.0. The third kappa shape index (κ3) is 7.35.